The molecule has 4 rings (SSSR count). The Balaban J connectivity index is 1.42. The molecule has 1 amide bonds. The van der Waals surface area contributed by atoms with Crippen LogP contribution in [-0.2, 0) is 19.5 Å². The summed E-state index contributed by atoms with van der Waals surface area (Å²) in [4.78, 5) is 17.8. The van der Waals surface area contributed by atoms with Crippen LogP contribution in [0.4, 0.5) is 0 Å². The fourth-order valence-electron chi connectivity index (χ4n) is 5.24. The second-order valence-electron chi connectivity index (χ2n) is 9.59. The van der Waals surface area contributed by atoms with E-state index in [0.717, 1.165) is 32.5 Å². The number of sulfonamides is 1. The van der Waals surface area contributed by atoms with E-state index in [9.17, 15) is 13.2 Å². The fraction of sp³-hybridized carbons (Fsp3) is 0.708. The quantitative estimate of drug-likeness (QED) is 0.593. The van der Waals surface area contributed by atoms with Crippen molar-refractivity contribution in [1.82, 2.24) is 14.1 Å². The molecule has 10 heteroatoms. The van der Waals surface area contributed by atoms with Gasteiger partial charge < -0.3 is 19.1 Å². The van der Waals surface area contributed by atoms with Crippen molar-refractivity contribution in [3.8, 4) is 5.75 Å². The van der Waals surface area contributed by atoms with E-state index in [1.807, 2.05) is 4.90 Å². The lowest BCUT2D eigenvalue weighted by atomic mass is 9.95. The van der Waals surface area contributed by atoms with Crippen LogP contribution in [-0.4, -0.2) is 107 Å². The van der Waals surface area contributed by atoms with Gasteiger partial charge in [0, 0.05) is 45.8 Å². The molecular weight excluding hydrogens is 458 g/mol. The van der Waals surface area contributed by atoms with Crippen molar-refractivity contribution < 1.29 is 27.4 Å². The SMILES string of the molecule is COc1ccc(S(=O)(=O)N2CCOCC2)cc1C(=O)N1CCC(CN2CC(C)OC(C)C2)CC1. The average Bonchev–Trinajstić information content (AvgIpc) is 2.83. The van der Waals surface area contributed by atoms with Gasteiger partial charge in [-0.05, 0) is 50.8 Å². The maximum Gasteiger partial charge on any atom is 0.257 e. The number of nitrogens with zero attached hydrogens (tertiary/aromatic N) is 3. The summed E-state index contributed by atoms with van der Waals surface area (Å²) in [5.41, 5.74) is 0.297. The first-order valence-corrected chi connectivity index (χ1v) is 13.6. The highest BCUT2D eigenvalue weighted by atomic mass is 32.2. The summed E-state index contributed by atoms with van der Waals surface area (Å²) in [7, 11) is -2.20. The van der Waals surface area contributed by atoms with Gasteiger partial charge in [-0.25, -0.2) is 8.42 Å². The van der Waals surface area contributed by atoms with Crippen molar-refractivity contribution in [3.63, 3.8) is 0 Å². The number of amides is 1. The molecule has 1 aromatic carbocycles. The lowest BCUT2D eigenvalue weighted by Crippen LogP contribution is -2.48. The minimum atomic E-state index is -3.70. The molecule has 0 aliphatic carbocycles. The molecule has 2 unspecified atom stereocenters. The van der Waals surface area contributed by atoms with Crippen LogP contribution in [0.1, 0.15) is 37.0 Å². The lowest BCUT2D eigenvalue weighted by molar-refractivity contribution is -0.0728. The topological polar surface area (TPSA) is 88.6 Å². The standard InChI is InChI=1S/C24H37N3O6S/c1-18-15-25(16-19(2)33-18)17-20-6-8-26(9-7-20)24(28)22-14-21(4-5-23(22)31-3)34(29,30)27-10-12-32-13-11-27/h4-5,14,18-20H,6-13,15-17H2,1-3H3. The van der Waals surface area contributed by atoms with Gasteiger partial charge in [-0.15, -0.1) is 0 Å². The number of methoxy groups -OCH3 is 1. The van der Waals surface area contributed by atoms with Gasteiger partial charge in [-0.1, -0.05) is 0 Å². The number of carbonyl (C=O) groups excluding carboxylic acids is 1. The molecule has 0 N–H and O–H groups in total. The minimum absolute atomic E-state index is 0.115. The van der Waals surface area contributed by atoms with Gasteiger partial charge in [-0.3, -0.25) is 9.69 Å². The molecule has 0 spiro atoms. The third kappa shape index (κ3) is 5.73. The van der Waals surface area contributed by atoms with Crippen molar-refractivity contribution in [2.24, 2.45) is 5.92 Å². The van der Waals surface area contributed by atoms with Crippen LogP contribution in [0.3, 0.4) is 0 Å². The predicted molar refractivity (Wildman–Crippen MR) is 128 cm³/mol. The molecule has 34 heavy (non-hydrogen) atoms. The Hall–Kier alpha value is -1.72. The van der Waals surface area contributed by atoms with Crippen molar-refractivity contribution in [2.75, 3.05) is 66.1 Å². The number of hydrogen-bond donors (Lipinski definition) is 0. The molecule has 9 nitrogen and oxygen atoms in total. The number of likely N-dealkylation sites (tertiary alicyclic amines) is 1. The largest absolute Gasteiger partial charge is 0.496 e. The molecule has 0 aromatic heterocycles. The molecule has 3 aliphatic heterocycles. The Labute approximate surface area is 203 Å². The smallest absolute Gasteiger partial charge is 0.257 e. The zero-order chi connectivity index (χ0) is 24.3. The third-order valence-corrected chi connectivity index (χ3v) is 8.82. The van der Waals surface area contributed by atoms with Crippen LogP contribution in [0.25, 0.3) is 0 Å². The molecule has 0 radical (unpaired) electrons. The predicted octanol–water partition coefficient (Wildman–Crippen LogP) is 1.68. The molecule has 2 atom stereocenters. The zero-order valence-corrected chi connectivity index (χ0v) is 21.3. The van der Waals surface area contributed by atoms with E-state index < -0.39 is 10.0 Å². The summed E-state index contributed by atoms with van der Waals surface area (Å²) in [5.74, 6) is 0.753. The molecule has 3 saturated heterocycles. The maximum atomic E-state index is 13.4. The summed E-state index contributed by atoms with van der Waals surface area (Å²) >= 11 is 0. The van der Waals surface area contributed by atoms with E-state index in [1.165, 1.54) is 23.5 Å². The second-order valence-corrected chi connectivity index (χ2v) is 11.5. The van der Waals surface area contributed by atoms with Gasteiger partial charge in [0.1, 0.15) is 5.75 Å². The Bertz CT molecular complexity index is 947. The first-order valence-electron chi connectivity index (χ1n) is 12.2. The van der Waals surface area contributed by atoms with Crippen molar-refractivity contribution in [1.29, 1.82) is 0 Å². The number of morpholine rings is 2. The van der Waals surface area contributed by atoms with E-state index in [2.05, 4.69) is 18.7 Å². The van der Waals surface area contributed by atoms with Crippen LogP contribution >= 0.6 is 0 Å². The molecule has 3 aliphatic rings. The third-order valence-electron chi connectivity index (χ3n) is 6.92. The van der Waals surface area contributed by atoms with Gasteiger partial charge in [0.15, 0.2) is 0 Å². The van der Waals surface area contributed by atoms with E-state index in [-0.39, 0.29) is 23.0 Å². The van der Waals surface area contributed by atoms with Crippen molar-refractivity contribution >= 4 is 15.9 Å². The highest BCUT2D eigenvalue weighted by molar-refractivity contribution is 7.89. The molecule has 3 heterocycles. The van der Waals surface area contributed by atoms with Gasteiger partial charge in [0.2, 0.25) is 10.0 Å². The van der Waals surface area contributed by atoms with Gasteiger partial charge in [0.25, 0.3) is 5.91 Å². The van der Waals surface area contributed by atoms with Crippen LogP contribution in [0, 0.1) is 5.92 Å². The first kappa shape index (κ1) is 25.4. The number of carbonyl (C=O) groups is 1. The van der Waals surface area contributed by atoms with Crippen molar-refractivity contribution in [3.05, 3.63) is 23.8 Å². The van der Waals surface area contributed by atoms with E-state index >= 15 is 0 Å². The molecule has 190 valence electrons. The highest BCUT2D eigenvalue weighted by Crippen LogP contribution is 2.28. The molecule has 3 fully saturated rings. The van der Waals surface area contributed by atoms with Crippen LogP contribution < -0.4 is 4.74 Å². The number of rotatable bonds is 6. The number of ether oxygens (including phenoxy) is 3. The molecular formula is C24H37N3O6S. The Kier molecular flexibility index (Phi) is 8.14. The van der Waals surface area contributed by atoms with Crippen molar-refractivity contribution in [2.45, 2.75) is 43.8 Å². The highest BCUT2D eigenvalue weighted by Gasteiger charge is 2.31. The van der Waals surface area contributed by atoms with Gasteiger partial charge in [0.05, 0.1) is 43.0 Å². The summed E-state index contributed by atoms with van der Waals surface area (Å²) in [6.45, 7) is 9.84. The minimum Gasteiger partial charge on any atom is -0.496 e. The second kappa shape index (κ2) is 10.9. The zero-order valence-electron chi connectivity index (χ0n) is 20.4. The summed E-state index contributed by atoms with van der Waals surface area (Å²) in [5, 5.41) is 0. The van der Waals surface area contributed by atoms with Crippen LogP contribution in [0.5, 0.6) is 5.75 Å². The fourth-order valence-corrected chi connectivity index (χ4v) is 6.67. The van der Waals surface area contributed by atoms with E-state index in [0.29, 0.717) is 56.6 Å². The van der Waals surface area contributed by atoms with E-state index in [1.54, 1.807) is 6.07 Å². The average molecular weight is 496 g/mol. The lowest BCUT2D eigenvalue weighted by Gasteiger charge is -2.39. The summed E-state index contributed by atoms with van der Waals surface area (Å²) in [6, 6.07) is 4.56. The molecule has 1 aromatic rings. The van der Waals surface area contributed by atoms with Gasteiger partial charge in [-0.2, -0.15) is 4.31 Å². The van der Waals surface area contributed by atoms with Gasteiger partial charge >= 0.3 is 0 Å². The Morgan fingerprint density at radius 3 is 2.32 bits per heavy atom. The number of benzene rings is 1. The van der Waals surface area contributed by atoms with Crippen LogP contribution in [0.15, 0.2) is 23.1 Å². The number of piperidine rings is 1. The first-order chi connectivity index (χ1) is 16.3. The maximum absolute atomic E-state index is 13.4. The number of hydrogen-bond acceptors (Lipinski definition) is 7. The normalized spacial score (nSPS) is 25.9. The molecule has 0 bridgehead atoms. The Morgan fingerprint density at radius 1 is 1.06 bits per heavy atom. The monoisotopic (exact) mass is 495 g/mol. The van der Waals surface area contributed by atoms with E-state index in [4.69, 9.17) is 14.2 Å². The molecule has 0 saturated carbocycles. The van der Waals surface area contributed by atoms with Crippen LogP contribution in [0.2, 0.25) is 0 Å². The summed E-state index contributed by atoms with van der Waals surface area (Å²) < 4.78 is 44.2. The summed E-state index contributed by atoms with van der Waals surface area (Å²) in [6.07, 6.45) is 2.36. The Morgan fingerprint density at radius 2 is 1.71 bits per heavy atom.